The molecule has 0 fully saturated rings. The van der Waals surface area contributed by atoms with Gasteiger partial charge in [0.15, 0.2) is 5.16 Å². The number of aryl methyl sites for hydroxylation is 3. The van der Waals surface area contributed by atoms with E-state index in [4.69, 9.17) is 4.98 Å². The van der Waals surface area contributed by atoms with E-state index < -0.39 is 0 Å². The third-order valence-corrected chi connectivity index (χ3v) is 5.78. The predicted octanol–water partition coefficient (Wildman–Crippen LogP) is 4.84. The first kappa shape index (κ1) is 19.4. The molecule has 2 aromatic carbocycles. The van der Waals surface area contributed by atoms with Crippen LogP contribution in [0.2, 0.25) is 0 Å². The molecule has 0 spiro atoms. The van der Waals surface area contributed by atoms with Crippen LogP contribution in [0, 0.1) is 13.8 Å². The summed E-state index contributed by atoms with van der Waals surface area (Å²) in [6.45, 7) is 6.24. The van der Waals surface area contributed by atoms with Crippen molar-refractivity contribution in [2.75, 3.05) is 0 Å². The Labute approximate surface area is 165 Å². The van der Waals surface area contributed by atoms with E-state index >= 15 is 0 Å². The fraction of sp³-hybridized carbons (Fsp3) is 0.304. The summed E-state index contributed by atoms with van der Waals surface area (Å²) in [5.41, 5.74) is 6.64. The second kappa shape index (κ2) is 8.57. The summed E-state index contributed by atoms with van der Waals surface area (Å²) in [4.78, 5) is 17.9. The van der Waals surface area contributed by atoms with Gasteiger partial charge >= 0.3 is 0 Å². The highest BCUT2D eigenvalue weighted by atomic mass is 32.2. The number of hydrogen-bond acceptors (Lipinski definition) is 3. The van der Waals surface area contributed by atoms with Crippen molar-refractivity contribution >= 4 is 11.8 Å². The lowest BCUT2D eigenvalue weighted by atomic mass is 10.0. The molecule has 0 amide bonds. The Morgan fingerprint density at radius 1 is 1.00 bits per heavy atom. The summed E-state index contributed by atoms with van der Waals surface area (Å²) in [7, 11) is 1.83. The fourth-order valence-electron chi connectivity index (χ4n) is 3.25. The van der Waals surface area contributed by atoms with Gasteiger partial charge in [-0.3, -0.25) is 9.36 Å². The number of aromatic nitrogens is 2. The van der Waals surface area contributed by atoms with E-state index in [0.717, 1.165) is 34.2 Å². The minimum absolute atomic E-state index is 0.0649. The fourth-order valence-corrected chi connectivity index (χ4v) is 4.17. The summed E-state index contributed by atoms with van der Waals surface area (Å²) in [6.07, 6.45) is 1.39. The van der Waals surface area contributed by atoms with Crippen molar-refractivity contribution in [1.82, 2.24) is 9.55 Å². The van der Waals surface area contributed by atoms with Crippen LogP contribution in [-0.4, -0.2) is 9.55 Å². The van der Waals surface area contributed by atoms with Crippen molar-refractivity contribution in [2.45, 2.75) is 44.5 Å². The van der Waals surface area contributed by atoms with Gasteiger partial charge < -0.3 is 0 Å². The molecular weight excluding hydrogens is 352 g/mol. The Morgan fingerprint density at radius 3 is 2.26 bits per heavy atom. The highest BCUT2D eigenvalue weighted by molar-refractivity contribution is 7.98. The average Bonchev–Trinajstić information content (AvgIpc) is 2.65. The molecule has 0 aliphatic heterocycles. The van der Waals surface area contributed by atoms with Crippen LogP contribution in [0.15, 0.2) is 58.5 Å². The maximum absolute atomic E-state index is 13.0. The number of hydrogen-bond donors (Lipinski definition) is 0. The molecule has 0 bridgehead atoms. The van der Waals surface area contributed by atoms with Crippen molar-refractivity contribution < 1.29 is 0 Å². The topological polar surface area (TPSA) is 34.9 Å². The SMILES string of the molecule is CCc1nc(SCc2cccc(C)c2)n(C)c(=O)c1Cc1cccc(C)c1. The zero-order valence-corrected chi connectivity index (χ0v) is 17.3. The number of nitrogens with zero attached hydrogens (tertiary/aromatic N) is 2. The second-order valence-electron chi connectivity index (χ2n) is 6.98. The molecule has 4 heteroatoms. The molecule has 0 radical (unpaired) electrons. The van der Waals surface area contributed by atoms with Gasteiger partial charge in [-0.1, -0.05) is 78.3 Å². The van der Waals surface area contributed by atoms with Gasteiger partial charge in [-0.05, 0) is 31.4 Å². The van der Waals surface area contributed by atoms with Crippen LogP contribution >= 0.6 is 11.8 Å². The van der Waals surface area contributed by atoms with Crippen molar-refractivity contribution in [2.24, 2.45) is 7.05 Å². The maximum atomic E-state index is 13.0. The molecule has 0 aliphatic rings. The minimum Gasteiger partial charge on any atom is -0.291 e. The van der Waals surface area contributed by atoms with Crippen LogP contribution in [0.1, 0.15) is 40.4 Å². The highest BCUT2D eigenvalue weighted by Gasteiger charge is 2.15. The molecule has 140 valence electrons. The van der Waals surface area contributed by atoms with Gasteiger partial charge in [0, 0.05) is 24.8 Å². The van der Waals surface area contributed by atoms with Gasteiger partial charge in [0.25, 0.3) is 5.56 Å². The van der Waals surface area contributed by atoms with Crippen molar-refractivity contribution in [3.8, 4) is 0 Å². The van der Waals surface area contributed by atoms with Crippen LogP contribution in [0.4, 0.5) is 0 Å². The first-order chi connectivity index (χ1) is 13.0. The van der Waals surface area contributed by atoms with Gasteiger partial charge in [-0.15, -0.1) is 0 Å². The zero-order valence-electron chi connectivity index (χ0n) is 16.5. The Bertz CT molecular complexity index is 1010. The van der Waals surface area contributed by atoms with Crippen molar-refractivity contribution in [1.29, 1.82) is 0 Å². The smallest absolute Gasteiger partial charge is 0.257 e. The van der Waals surface area contributed by atoms with Crippen LogP contribution in [-0.2, 0) is 25.6 Å². The molecule has 27 heavy (non-hydrogen) atoms. The summed E-state index contributed by atoms with van der Waals surface area (Å²) in [5, 5.41) is 0.784. The van der Waals surface area contributed by atoms with Crippen LogP contribution in [0.3, 0.4) is 0 Å². The third-order valence-electron chi connectivity index (χ3n) is 4.68. The predicted molar refractivity (Wildman–Crippen MR) is 114 cm³/mol. The standard InChI is InChI=1S/C23H26N2OS/c1-5-21-20(14-18-10-6-8-16(2)12-18)22(26)25(4)23(24-21)27-15-19-11-7-9-17(3)13-19/h6-13H,5,14-15H2,1-4H3. The van der Waals surface area contributed by atoms with Gasteiger partial charge in [0.05, 0.1) is 5.69 Å². The number of thioether (sulfide) groups is 1. The quantitative estimate of drug-likeness (QED) is 0.455. The van der Waals surface area contributed by atoms with Gasteiger partial charge in [-0.25, -0.2) is 4.98 Å². The van der Waals surface area contributed by atoms with Gasteiger partial charge in [-0.2, -0.15) is 0 Å². The molecule has 0 N–H and O–H groups in total. The summed E-state index contributed by atoms with van der Waals surface area (Å²) < 4.78 is 1.70. The molecular formula is C23H26N2OS. The molecule has 0 saturated carbocycles. The van der Waals surface area contributed by atoms with Gasteiger partial charge in [0.2, 0.25) is 0 Å². The molecule has 0 saturated heterocycles. The first-order valence-corrected chi connectivity index (χ1v) is 10.3. The molecule has 1 heterocycles. The lowest BCUT2D eigenvalue weighted by molar-refractivity contribution is 0.674. The van der Waals surface area contributed by atoms with Crippen LogP contribution < -0.4 is 5.56 Å². The Morgan fingerprint density at radius 2 is 1.63 bits per heavy atom. The molecule has 3 aromatic rings. The molecule has 0 atom stereocenters. The normalized spacial score (nSPS) is 11.0. The Balaban J connectivity index is 1.89. The molecule has 0 aliphatic carbocycles. The first-order valence-electron chi connectivity index (χ1n) is 9.30. The van der Waals surface area contributed by atoms with E-state index in [0.29, 0.717) is 6.42 Å². The Hall–Kier alpha value is -2.33. The zero-order chi connectivity index (χ0) is 19.4. The van der Waals surface area contributed by atoms with Crippen molar-refractivity contribution in [3.63, 3.8) is 0 Å². The lowest BCUT2D eigenvalue weighted by Gasteiger charge is -2.14. The van der Waals surface area contributed by atoms with E-state index in [1.165, 1.54) is 16.7 Å². The molecule has 0 unspecified atom stereocenters. The van der Waals surface area contributed by atoms with E-state index in [9.17, 15) is 4.79 Å². The van der Waals surface area contributed by atoms with E-state index in [2.05, 4.69) is 63.2 Å². The maximum Gasteiger partial charge on any atom is 0.257 e. The molecule has 1 aromatic heterocycles. The second-order valence-corrected chi connectivity index (χ2v) is 7.92. The summed E-state index contributed by atoms with van der Waals surface area (Å²) in [6, 6.07) is 16.8. The largest absolute Gasteiger partial charge is 0.291 e. The number of rotatable bonds is 6. The lowest BCUT2D eigenvalue weighted by Crippen LogP contribution is -2.26. The van der Waals surface area contributed by atoms with E-state index in [-0.39, 0.29) is 5.56 Å². The third kappa shape index (κ3) is 4.69. The Kier molecular flexibility index (Phi) is 6.17. The van der Waals surface area contributed by atoms with Crippen molar-refractivity contribution in [3.05, 3.63) is 92.4 Å². The van der Waals surface area contributed by atoms with Crippen LogP contribution in [0.5, 0.6) is 0 Å². The van der Waals surface area contributed by atoms with E-state index in [1.807, 2.05) is 13.1 Å². The number of benzene rings is 2. The molecule has 3 rings (SSSR count). The van der Waals surface area contributed by atoms with Crippen LogP contribution in [0.25, 0.3) is 0 Å². The molecule has 3 nitrogen and oxygen atoms in total. The monoisotopic (exact) mass is 378 g/mol. The summed E-state index contributed by atoms with van der Waals surface area (Å²) in [5.74, 6) is 0.808. The summed E-state index contributed by atoms with van der Waals surface area (Å²) >= 11 is 1.62. The minimum atomic E-state index is 0.0649. The van der Waals surface area contributed by atoms with E-state index in [1.54, 1.807) is 16.3 Å². The average molecular weight is 379 g/mol. The highest BCUT2D eigenvalue weighted by Crippen LogP contribution is 2.22. The van der Waals surface area contributed by atoms with Gasteiger partial charge in [0.1, 0.15) is 0 Å².